The minimum atomic E-state index is -0.531. The van der Waals surface area contributed by atoms with Crippen molar-refractivity contribution in [3.05, 3.63) is 0 Å². The van der Waals surface area contributed by atoms with Gasteiger partial charge >= 0.3 is 11.8 Å². The fraction of sp³-hybridized carbons (Fsp3) is 0.889. The normalized spacial score (nSPS) is 28.4. The zero-order chi connectivity index (χ0) is 16.9. The Labute approximate surface area is 139 Å². The van der Waals surface area contributed by atoms with Crippen LogP contribution in [0.2, 0.25) is 0 Å². The topological polar surface area (TPSA) is 67.4 Å². The highest BCUT2D eigenvalue weighted by Crippen LogP contribution is 2.40. The summed E-state index contributed by atoms with van der Waals surface area (Å²) in [5.41, 5.74) is 0.369. The maximum atomic E-state index is 12.0. The lowest BCUT2D eigenvalue weighted by Crippen LogP contribution is -2.47. The maximum Gasteiger partial charge on any atom is 0.309 e. The second-order valence-corrected chi connectivity index (χ2v) is 7.71. The Hall–Kier alpha value is -1.10. The summed E-state index contributed by atoms with van der Waals surface area (Å²) in [6, 6.07) is 0.139. The number of carbonyl (C=O) groups excluding carboxylic acids is 2. The average molecular weight is 324 g/mol. The standard InChI is InChI=1S/C18H32N2O3/c1-4-18(2,3)13-7-9-14(10-8-13)20-17(22)16(21)19-12-15-6-5-11-23-15/h13-15H,4-12H2,1-3H3,(H,19,21)(H,20,22)/t13?,14?,15-/m1/s1. The van der Waals surface area contributed by atoms with Gasteiger partial charge in [0, 0.05) is 19.2 Å². The van der Waals surface area contributed by atoms with E-state index >= 15 is 0 Å². The van der Waals surface area contributed by atoms with Crippen LogP contribution in [0.5, 0.6) is 0 Å². The van der Waals surface area contributed by atoms with Crippen LogP contribution in [0.1, 0.15) is 65.7 Å². The smallest absolute Gasteiger partial charge is 0.309 e. The summed E-state index contributed by atoms with van der Waals surface area (Å²) in [6.07, 6.45) is 7.44. The quantitative estimate of drug-likeness (QED) is 0.763. The van der Waals surface area contributed by atoms with E-state index in [1.54, 1.807) is 0 Å². The maximum absolute atomic E-state index is 12.0. The molecule has 0 spiro atoms. The molecule has 1 aliphatic carbocycles. The lowest BCUT2D eigenvalue weighted by atomic mass is 9.69. The van der Waals surface area contributed by atoms with Crippen LogP contribution in [0, 0.1) is 11.3 Å². The van der Waals surface area contributed by atoms with Crippen LogP contribution in [0.3, 0.4) is 0 Å². The molecule has 2 aliphatic rings. The molecule has 2 fully saturated rings. The minimum absolute atomic E-state index is 0.0680. The van der Waals surface area contributed by atoms with Crippen LogP contribution in [0.4, 0.5) is 0 Å². The molecule has 1 heterocycles. The molecular formula is C18H32N2O3. The lowest BCUT2D eigenvalue weighted by molar-refractivity contribution is -0.140. The first kappa shape index (κ1) is 18.2. The Morgan fingerprint density at radius 2 is 1.78 bits per heavy atom. The Bertz CT molecular complexity index is 408. The Morgan fingerprint density at radius 1 is 1.09 bits per heavy atom. The van der Waals surface area contributed by atoms with Crippen LogP contribution in [-0.4, -0.2) is 37.1 Å². The van der Waals surface area contributed by atoms with E-state index < -0.39 is 11.8 Å². The molecule has 0 aromatic rings. The van der Waals surface area contributed by atoms with Crippen molar-refractivity contribution in [2.75, 3.05) is 13.2 Å². The van der Waals surface area contributed by atoms with Gasteiger partial charge in [-0.3, -0.25) is 9.59 Å². The van der Waals surface area contributed by atoms with Crippen molar-refractivity contribution >= 4 is 11.8 Å². The zero-order valence-corrected chi connectivity index (χ0v) is 14.8. The molecular weight excluding hydrogens is 292 g/mol. The van der Waals surface area contributed by atoms with Crippen molar-refractivity contribution in [1.82, 2.24) is 10.6 Å². The molecule has 0 aromatic carbocycles. The van der Waals surface area contributed by atoms with Crippen molar-refractivity contribution < 1.29 is 14.3 Å². The summed E-state index contributed by atoms with van der Waals surface area (Å²) in [5, 5.41) is 5.57. The highest BCUT2D eigenvalue weighted by molar-refractivity contribution is 6.35. The number of carbonyl (C=O) groups is 2. The van der Waals surface area contributed by atoms with E-state index in [2.05, 4.69) is 31.4 Å². The highest BCUT2D eigenvalue weighted by atomic mass is 16.5. The van der Waals surface area contributed by atoms with Gasteiger partial charge < -0.3 is 15.4 Å². The number of hydrogen-bond donors (Lipinski definition) is 2. The molecule has 2 N–H and O–H groups in total. The van der Waals surface area contributed by atoms with E-state index in [0.717, 1.165) is 45.1 Å². The number of rotatable bonds is 5. The Kier molecular flexibility index (Phi) is 6.45. The van der Waals surface area contributed by atoms with Crippen molar-refractivity contribution in [3.8, 4) is 0 Å². The monoisotopic (exact) mass is 324 g/mol. The molecule has 132 valence electrons. The fourth-order valence-corrected chi connectivity index (χ4v) is 3.65. The molecule has 2 amide bonds. The van der Waals surface area contributed by atoms with Crippen LogP contribution < -0.4 is 10.6 Å². The Balaban J connectivity index is 1.68. The minimum Gasteiger partial charge on any atom is -0.376 e. The average Bonchev–Trinajstić information content (AvgIpc) is 3.06. The van der Waals surface area contributed by atoms with Gasteiger partial charge in [-0.25, -0.2) is 0 Å². The summed E-state index contributed by atoms with van der Waals surface area (Å²) in [5.74, 6) is -0.313. The summed E-state index contributed by atoms with van der Waals surface area (Å²) in [4.78, 5) is 23.9. The van der Waals surface area contributed by atoms with Gasteiger partial charge in [0.2, 0.25) is 0 Å². The molecule has 0 unspecified atom stereocenters. The van der Waals surface area contributed by atoms with E-state index in [1.165, 1.54) is 6.42 Å². The van der Waals surface area contributed by atoms with Crippen LogP contribution >= 0.6 is 0 Å². The third-order valence-corrected chi connectivity index (χ3v) is 5.80. The molecule has 1 saturated carbocycles. The SMILES string of the molecule is CCC(C)(C)C1CCC(NC(=O)C(=O)NC[C@H]2CCCO2)CC1. The van der Waals surface area contributed by atoms with E-state index in [1.807, 2.05) is 0 Å². The summed E-state index contributed by atoms with van der Waals surface area (Å²) in [7, 11) is 0. The zero-order valence-electron chi connectivity index (χ0n) is 14.8. The molecule has 0 bridgehead atoms. The second-order valence-electron chi connectivity index (χ2n) is 7.71. The van der Waals surface area contributed by atoms with Gasteiger partial charge in [-0.05, 0) is 49.9 Å². The van der Waals surface area contributed by atoms with Crippen molar-refractivity contribution in [2.24, 2.45) is 11.3 Å². The van der Waals surface area contributed by atoms with Gasteiger partial charge in [0.15, 0.2) is 0 Å². The first-order chi connectivity index (χ1) is 10.9. The van der Waals surface area contributed by atoms with Crippen molar-refractivity contribution in [1.29, 1.82) is 0 Å². The summed E-state index contributed by atoms with van der Waals surface area (Å²) < 4.78 is 5.44. The number of hydrogen-bond acceptors (Lipinski definition) is 3. The molecule has 5 heteroatoms. The van der Waals surface area contributed by atoms with Gasteiger partial charge in [-0.2, -0.15) is 0 Å². The predicted molar refractivity (Wildman–Crippen MR) is 89.9 cm³/mol. The second kappa shape index (κ2) is 8.13. The van der Waals surface area contributed by atoms with Crippen molar-refractivity contribution in [2.45, 2.75) is 77.9 Å². The predicted octanol–water partition coefficient (Wildman–Crippen LogP) is 2.39. The van der Waals surface area contributed by atoms with Crippen molar-refractivity contribution in [3.63, 3.8) is 0 Å². The molecule has 5 nitrogen and oxygen atoms in total. The number of amides is 2. The third-order valence-electron chi connectivity index (χ3n) is 5.80. The number of nitrogens with one attached hydrogen (secondary N) is 2. The third kappa shape index (κ3) is 5.20. The highest BCUT2D eigenvalue weighted by Gasteiger charge is 2.32. The van der Waals surface area contributed by atoms with Gasteiger partial charge in [-0.1, -0.05) is 27.2 Å². The summed E-state index contributed by atoms with van der Waals surface area (Å²) in [6.45, 7) is 8.09. The molecule has 1 saturated heterocycles. The fourth-order valence-electron chi connectivity index (χ4n) is 3.65. The summed E-state index contributed by atoms with van der Waals surface area (Å²) >= 11 is 0. The van der Waals surface area contributed by atoms with E-state index in [-0.39, 0.29) is 12.1 Å². The van der Waals surface area contributed by atoms with Gasteiger partial charge in [0.05, 0.1) is 6.10 Å². The molecule has 2 rings (SSSR count). The van der Waals surface area contributed by atoms with Crippen LogP contribution in [-0.2, 0) is 14.3 Å². The van der Waals surface area contributed by atoms with E-state index in [4.69, 9.17) is 4.74 Å². The Morgan fingerprint density at radius 3 is 2.35 bits per heavy atom. The van der Waals surface area contributed by atoms with E-state index in [0.29, 0.717) is 17.9 Å². The van der Waals surface area contributed by atoms with Crippen LogP contribution in [0.25, 0.3) is 0 Å². The van der Waals surface area contributed by atoms with E-state index in [9.17, 15) is 9.59 Å². The first-order valence-corrected chi connectivity index (χ1v) is 9.12. The van der Waals surface area contributed by atoms with Gasteiger partial charge in [0.1, 0.15) is 0 Å². The largest absolute Gasteiger partial charge is 0.376 e. The molecule has 23 heavy (non-hydrogen) atoms. The van der Waals surface area contributed by atoms with Gasteiger partial charge in [-0.15, -0.1) is 0 Å². The lowest BCUT2D eigenvalue weighted by Gasteiger charge is -2.39. The van der Waals surface area contributed by atoms with Crippen LogP contribution in [0.15, 0.2) is 0 Å². The van der Waals surface area contributed by atoms with Gasteiger partial charge in [0.25, 0.3) is 0 Å². The molecule has 1 aliphatic heterocycles. The molecule has 1 atom stereocenters. The molecule has 0 aromatic heterocycles. The molecule has 0 radical (unpaired) electrons. The number of ether oxygens (including phenoxy) is 1. The first-order valence-electron chi connectivity index (χ1n) is 9.12.